The van der Waals surface area contributed by atoms with Gasteiger partial charge in [0.15, 0.2) is 0 Å². The minimum Gasteiger partial charge on any atom is -0.465 e. The van der Waals surface area contributed by atoms with Crippen LogP contribution in [0.4, 0.5) is 5.69 Å². The van der Waals surface area contributed by atoms with Gasteiger partial charge in [-0.25, -0.2) is 13.1 Å². The van der Waals surface area contributed by atoms with Crippen molar-refractivity contribution in [2.45, 2.75) is 31.7 Å². The van der Waals surface area contributed by atoms with Crippen molar-refractivity contribution < 1.29 is 17.9 Å². The Morgan fingerprint density at radius 2 is 1.95 bits per heavy atom. The summed E-state index contributed by atoms with van der Waals surface area (Å²) in [5, 5.41) is 0. The molecule has 0 spiro atoms. The second kappa shape index (κ2) is 7.42. The summed E-state index contributed by atoms with van der Waals surface area (Å²) in [4.78, 5) is 13.2. The number of likely N-dealkylation sites (N-methyl/N-ethyl adjacent to an activating group) is 1. The molecule has 0 fully saturated rings. The Hall–Kier alpha value is -1.60. The van der Waals surface area contributed by atoms with Gasteiger partial charge in [-0.2, -0.15) is 0 Å². The number of carbonyl (C=O) groups excluding carboxylic acids is 1. The minimum atomic E-state index is -3.63. The van der Waals surface area contributed by atoms with E-state index in [2.05, 4.69) is 4.72 Å². The van der Waals surface area contributed by atoms with Crippen LogP contribution in [0.5, 0.6) is 0 Å². The lowest BCUT2D eigenvalue weighted by Crippen LogP contribution is -2.33. The van der Waals surface area contributed by atoms with Crippen molar-refractivity contribution >= 4 is 21.7 Å². The summed E-state index contributed by atoms with van der Waals surface area (Å²) < 4.78 is 32.1. The summed E-state index contributed by atoms with van der Waals surface area (Å²) in [6.07, 6.45) is 0. The first kappa shape index (κ1) is 17.5. The molecule has 0 atom stereocenters. The van der Waals surface area contributed by atoms with E-state index in [9.17, 15) is 13.2 Å². The average Bonchev–Trinajstić information content (AvgIpc) is 2.37. The predicted octanol–water partition coefficient (Wildman–Crippen LogP) is 1.37. The van der Waals surface area contributed by atoms with Gasteiger partial charge in [0.05, 0.1) is 12.3 Å². The Labute approximate surface area is 126 Å². The maximum absolute atomic E-state index is 12.3. The SMILES string of the molecule is CCOC(=O)CN(C)c1ccccc1S(=O)(=O)NC(C)C. The summed E-state index contributed by atoms with van der Waals surface area (Å²) in [6.45, 7) is 5.51. The lowest BCUT2D eigenvalue weighted by atomic mass is 10.3. The number of rotatable bonds is 7. The molecule has 0 aliphatic heterocycles. The number of ether oxygens (including phenoxy) is 1. The third-order valence-electron chi connectivity index (χ3n) is 2.63. The predicted molar refractivity (Wildman–Crippen MR) is 81.8 cm³/mol. The summed E-state index contributed by atoms with van der Waals surface area (Å²) in [7, 11) is -1.97. The van der Waals surface area contributed by atoms with Crippen molar-refractivity contribution in [3.05, 3.63) is 24.3 Å². The highest BCUT2D eigenvalue weighted by molar-refractivity contribution is 7.89. The number of nitrogens with one attached hydrogen (secondary N) is 1. The highest BCUT2D eigenvalue weighted by Crippen LogP contribution is 2.24. The first-order chi connectivity index (χ1) is 9.77. The number of anilines is 1. The van der Waals surface area contributed by atoms with Gasteiger partial charge in [0.2, 0.25) is 10.0 Å². The van der Waals surface area contributed by atoms with Crippen LogP contribution in [0.3, 0.4) is 0 Å². The van der Waals surface area contributed by atoms with Crippen LogP contribution < -0.4 is 9.62 Å². The second-order valence-electron chi connectivity index (χ2n) is 4.90. The first-order valence-corrected chi connectivity index (χ1v) is 8.24. The zero-order valence-corrected chi connectivity index (χ0v) is 13.6. The molecule has 1 aromatic carbocycles. The maximum atomic E-state index is 12.3. The van der Waals surface area contributed by atoms with Gasteiger partial charge < -0.3 is 9.64 Å². The fourth-order valence-electron chi connectivity index (χ4n) is 1.86. The highest BCUT2D eigenvalue weighted by atomic mass is 32.2. The molecule has 0 heterocycles. The zero-order chi connectivity index (χ0) is 16.0. The molecule has 1 rings (SSSR count). The molecule has 0 amide bonds. The van der Waals surface area contributed by atoms with Crippen molar-refractivity contribution in [3.8, 4) is 0 Å². The normalized spacial score (nSPS) is 11.5. The third kappa shape index (κ3) is 5.02. The lowest BCUT2D eigenvalue weighted by Gasteiger charge is -2.22. The standard InChI is InChI=1S/C14H22N2O4S/c1-5-20-14(17)10-16(4)12-8-6-7-9-13(12)21(18,19)15-11(2)3/h6-9,11,15H,5,10H2,1-4H3. The van der Waals surface area contributed by atoms with Gasteiger partial charge in [-0.1, -0.05) is 12.1 Å². The minimum absolute atomic E-state index is 0.0119. The van der Waals surface area contributed by atoms with Gasteiger partial charge in [0.1, 0.15) is 11.4 Å². The molecule has 0 saturated carbocycles. The summed E-state index contributed by atoms with van der Waals surface area (Å²) in [6, 6.07) is 6.34. The monoisotopic (exact) mass is 314 g/mol. The molecule has 0 aliphatic carbocycles. The van der Waals surface area contributed by atoms with Gasteiger partial charge in [-0.05, 0) is 32.9 Å². The maximum Gasteiger partial charge on any atom is 0.325 e. The number of nitrogens with zero attached hydrogens (tertiary/aromatic N) is 1. The highest BCUT2D eigenvalue weighted by Gasteiger charge is 2.22. The van der Waals surface area contributed by atoms with Crippen LogP contribution in [-0.4, -0.2) is 40.6 Å². The van der Waals surface area contributed by atoms with E-state index in [1.165, 1.54) is 6.07 Å². The van der Waals surface area contributed by atoms with Crippen molar-refractivity contribution in [3.63, 3.8) is 0 Å². The zero-order valence-electron chi connectivity index (χ0n) is 12.8. The molecule has 7 heteroatoms. The van der Waals surface area contributed by atoms with Gasteiger partial charge in [0.25, 0.3) is 0 Å². The summed E-state index contributed by atoms with van der Waals surface area (Å²) in [5.41, 5.74) is 0.457. The van der Waals surface area contributed by atoms with Crippen LogP contribution in [-0.2, 0) is 19.6 Å². The fourth-order valence-corrected chi connectivity index (χ4v) is 3.36. The number of esters is 1. The number of para-hydroxylation sites is 1. The van der Waals surface area contributed by atoms with Crippen LogP contribution in [0.1, 0.15) is 20.8 Å². The molecule has 0 aromatic heterocycles. The Morgan fingerprint density at radius 1 is 1.33 bits per heavy atom. The van der Waals surface area contributed by atoms with Gasteiger partial charge in [-0.15, -0.1) is 0 Å². The van der Waals surface area contributed by atoms with Crippen LogP contribution in [0.2, 0.25) is 0 Å². The summed E-state index contributed by atoms with van der Waals surface area (Å²) in [5.74, 6) is -0.399. The van der Waals surface area contributed by atoms with Crippen LogP contribution in [0, 0.1) is 0 Å². The first-order valence-electron chi connectivity index (χ1n) is 6.76. The van der Waals surface area contributed by atoms with Gasteiger partial charge >= 0.3 is 5.97 Å². The Kier molecular flexibility index (Phi) is 6.17. The number of carbonyl (C=O) groups is 1. The average molecular weight is 314 g/mol. The third-order valence-corrected chi connectivity index (χ3v) is 4.33. The Balaban J connectivity index is 3.07. The molecule has 1 N–H and O–H groups in total. The van der Waals surface area contributed by atoms with E-state index >= 15 is 0 Å². The number of hydrogen-bond donors (Lipinski definition) is 1. The van der Waals surface area contributed by atoms with Crippen molar-refractivity contribution in [2.75, 3.05) is 25.1 Å². The largest absolute Gasteiger partial charge is 0.465 e. The second-order valence-corrected chi connectivity index (χ2v) is 6.59. The van der Waals surface area contributed by atoms with Crippen molar-refractivity contribution in [2.24, 2.45) is 0 Å². The van der Waals surface area contributed by atoms with Crippen LogP contribution in [0.25, 0.3) is 0 Å². The molecule has 0 aliphatic rings. The number of sulfonamides is 1. The van der Waals surface area contributed by atoms with E-state index in [0.717, 1.165) is 0 Å². The molecular weight excluding hydrogens is 292 g/mol. The molecule has 0 radical (unpaired) electrons. The number of hydrogen-bond acceptors (Lipinski definition) is 5. The Bertz CT molecular complexity index is 584. The number of benzene rings is 1. The van der Waals surface area contributed by atoms with Crippen molar-refractivity contribution in [1.29, 1.82) is 0 Å². The van der Waals surface area contributed by atoms with E-state index in [1.807, 2.05) is 0 Å². The van der Waals surface area contributed by atoms with Gasteiger partial charge in [0, 0.05) is 13.1 Å². The molecule has 118 valence electrons. The van der Waals surface area contributed by atoms with Crippen LogP contribution in [0.15, 0.2) is 29.2 Å². The molecule has 21 heavy (non-hydrogen) atoms. The fraction of sp³-hybridized carbons (Fsp3) is 0.500. The van der Waals surface area contributed by atoms with E-state index in [-0.39, 0.29) is 17.5 Å². The molecule has 0 bridgehead atoms. The van der Waals surface area contributed by atoms with Crippen LogP contribution >= 0.6 is 0 Å². The van der Waals surface area contributed by atoms with Crippen molar-refractivity contribution in [1.82, 2.24) is 4.72 Å². The molecule has 0 saturated heterocycles. The van der Waals surface area contributed by atoms with E-state index in [4.69, 9.17) is 4.74 Å². The summed E-state index contributed by atoms with van der Waals surface area (Å²) >= 11 is 0. The Morgan fingerprint density at radius 3 is 2.52 bits per heavy atom. The topological polar surface area (TPSA) is 75.7 Å². The molecule has 6 nitrogen and oxygen atoms in total. The molecule has 1 aromatic rings. The lowest BCUT2D eigenvalue weighted by molar-refractivity contribution is -0.141. The van der Waals surface area contributed by atoms with E-state index in [0.29, 0.717) is 12.3 Å². The van der Waals surface area contributed by atoms with E-state index in [1.54, 1.807) is 50.9 Å². The molecule has 0 unspecified atom stereocenters. The van der Waals surface area contributed by atoms with Gasteiger partial charge in [-0.3, -0.25) is 4.79 Å². The van der Waals surface area contributed by atoms with E-state index < -0.39 is 16.0 Å². The smallest absolute Gasteiger partial charge is 0.325 e. The molecular formula is C14H22N2O4S. The quantitative estimate of drug-likeness (QED) is 0.769.